The van der Waals surface area contributed by atoms with Gasteiger partial charge in [-0.3, -0.25) is 9.59 Å². The van der Waals surface area contributed by atoms with Gasteiger partial charge in [0, 0.05) is 31.2 Å². The highest BCUT2D eigenvalue weighted by molar-refractivity contribution is 5.88. The van der Waals surface area contributed by atoms with Gasteiger partial charge in [-0.05, 0) is 43.6 Å². The number of benzene rings is 1. The number of carbonyl (C=O) groups excluding carboxylic acids is 4. The van der Waals surface area contributed by atoms with Crippen molar-refractivity contribution in [1.29, 1.82) is 0 Å². The van der Waals surface area contributed by atoms with Gasteiger partial charge in [0.25, 0.3) is 0 Å². The van der Waals surface area contributed by atoms with Gasteiger partial charge in [0.1, 0.15) is 18.4 Å². The third-order valence-electron chi connectivity index (χ3n) is 7.06. The molecule has 0 bridgehead atoms. The molecule has 3 N–H and O–H groups in total. The van der Waals surface area contributed by atoms with E-state index in [9.17, 15) is 28.0 Å². The van der Waals surface area contributed by atoms with E-state index in [1.54, 1.807) is 24.3 Å². The van der Waals surface area contributed by atoms with Gasteiger partial charge in [-0.1, -0.05) is 44.2 Å². The van der Waals surface area contributed by atoms with Crippen molar-refractivity contribution in [2.24, 2.45) is 17.8 Å². The lowest BCUT2D eigenvalue weighted by Gasteiger charge is -2.34. The summed E-state index contributed by atoms with van der Waals surface area (Å²) in [6.45, 7) is 4.32. The number of halogens is 2. The maximum absolute atomic E-state index is 13.8. The third kappa shape index (κ3) is 8.50. The minimum atomic E-state index is -2.71. The van der Waals surface area contributed by atoms with E-state index in [4.69, 9.17) is 4.74 Å². The third-order valence-corrected chi connectivity index (χ3v) is 7.06. The topological polar surface area (TPSA) is 114 Å². The quantitative estimate of drug-likeness (QED) is 0.382. The maximum Gasteiger partial charge on any atom is 0.408 e. The van der Waals surface area contributed by atoms with E-state index in [1.165, 1.54) is 0 Å². The Labute approximate surface area is 216 Å². The van der Waals surface area contributed by atoms with Gasteiger partial charge in [0.05, 0.1) is 6.04 Å². The van der Waals surface area contributed by atoms with Gasteiger partial charge in [-0.15, -0.1) is 0 Å². The molecule has 8 nitrogen and oxygen atoms in total. The molecule has 1 saturated heterocycles. The lowest BCUT2D eigenvalue weighted by molar-refractivity contribution is -0.127. The second kappa shape index (κ2) is 13.0. The van der Waals surface area contributed by atoms with Gasteiger partial charge >= 0.3 is 6.09 Å². The largest absolute Gasteiger partial charge is 0.441 e. The number of ether oxygens (including phenoxy) is 1. The lowest BCUT2D eigenvalue weighted by atomic mass is 9.81. The number of alkyl carbamates (subject to hydrolysis) is 1. The molecule has 1 heterocycles. The molecule has 4 atom stereocenters. The van der Waals surface area contributed by atoms with Crippen LogP contribution in [0.2, 0.25) is 0 Å². The van der Waals surface area contributed by atoms with Crippen LogP contribution in [0.15, 0.2) is 30.3 Å². The highest BCUT2D eigenvalue weighted by Crippen LogP contribution is 2.42. The predicted molar refractivity (Wildman–Crippen MR) is 133 cm³/mol. The SMILES string of the molecule is CC(C)C[C@H](NC(=O)OC(c1ccccc1)C1CCC(F)(F)CC1)C(=O)N[C@H](C=O)C[C@@H]1CCNC1=O. The fourth-order valence-corrected chi connectivity index (χ4v) is 5.05. The van der Waals surface area contributed by atoms with Gasteiger partial charge < -0.3 is 25.5 Å². The Kier molecular flexibility index (Phi) is 10.00. The van der Waals surface area contributed by atoms with E-state index in [2.05, 4.69) is 16.0 Å². The van der Waals surface area contributed by atoms with Crippen LogP contribution in [0.25, 0.3) is 0 Å². The van der Waals surface area contributed by atoms with Crippen molar-refractivity contribution in [3.63, 3.8) is 0 Å². The molecule has 204 valence electrons. The van der Waals surface area contributed by atoms with Crippen LogP contribution in [-0.4, -0.2) is 48.7 Å². The fourth-order valence-electron chi connectivity index (χ4n) is 5.05. The molecule has 0 spiro atoms. The summed E-state index contributed by atoms with van der Waals surface area (Å²) < 4.78 is 33.3. The summed E-state index contributed by atoms with van der Waals surface area (Å²) in [6.07, 6.45) is -0.00615. The molecule has 2 aliphatic rings. The zero-order valence-electron chi connectivity index (χ0n) is 21.4. The van der Waals surface area contributed by atoms with Crippen LogP contribution in [0.1, 0.15) is 70.5 Å². The second-order valence-corrected chi connectivity index (χ2v) is 10.5. The average Bonchev–Trinajstić information content (AvgIpc) is 3.26. The molecular formula is C27H37F2N3O5. The van der Waals surface area contributed by atoms with E-state index >= 15 is 0 Å². The number of nitrogens with one attached hydrogen (secondary N) is 3. The molecule has 2 fully saturated rings. The maximum atomic E-state index is 13.8. The van der Waals surface area contributed by atoms with Crippen molar-refractivity contribution in [2.75, 3.05) is 6.54 Å². The molecule has 0 aromatic heterocycles. The summed E-state index contributed by atoms with van der Waals surface area (Å²) in [5.74, 6) is -4.00. The predicted octanol–water partition coefficient (Wildman–Crippen LogP) is 3.90. The zero-order chi connectivity index (χ0) is 27.0. The summed E-state index contributed by atoms with van der Waals surface area (Å²) in [5, 5.41) is 7.97. The monoisotopic (exact) mass is 521 g/mol. The Balaban J connectivity index is 1.67. The Morgan fingerprint density at radius 3 is 2.38 bits per heavy atom. The molecule has 1 aromatic rings. The molecular weight excluding hydrogens is 484 g/mol. The standard InChI is InChI=1S/C27H37F2N3O5/c1-17(2)14-22(25(35)31-21(16-33)15-20-10-13-30-24(20)34)32-26(36)37-23(18-6-4-3-5-7-18)19-8-11-27(28,29)12-9-19/h3-7,16-17,19-23H,8-15H2,1-2H3,(H,30,34)(H,31,35)(H,32,36)/t20-,21-,22-,23?/m0/s1. The van der Waals surface area contributed by atoms with E-state index in [-0.39, 0.29) is 55.8 Å². The Morgan fingerprint density at radius 2 is 1.81 bits per heavy atom. The van der Waals surface area contributed by atoms with Crippen molar-refractivity contribution in [1.82, 2.24) is 16.0 Å². The van der Waals surface area contributed by atoms with Crippen LogP contribution >= 0.6 is 0 Å². The van der Waals surface area contributed by atoms with Gasteiger partial charge in [-0.25, -0.2) is 13.6 Å². The van der Waals surface area contributed by atoms with E-state index in [0.717, 1.165) is 0 Å². The Hall–Kier alpha value is -3.04. The molecule has 0 radical (unpaired) electrons. The van der Waals surface area contributed by atoms with E-state index < -0.39 is 36.1 Å². The molecule has 3 rings (SSSR count). The fraction of sp³-hybridized carbons (Fsp3) is 0.630. The molecule has 1 aromatic carbocycles. The van der Waals surface area contributed by atoms with Crippen LogP contribution in [0.4, 0.5) is 13.6 Å². The first-order valence-electron chi connectivity index (χ1n) is 13.0. The summed E-state index contributed by atoms with van der Waals surface area (Å²) in [4.78, 5) is 49.5. The lowest BCUT2D eigenvalue weighted by Crippen LogP contribution is -2.51. The number of carbonyl (C=O) groups is 4. The molecule has 1 aliphatic carbocycles. The van der Waals surface area contributed by atoms with Crippen molar-refractivity contribution >= 4 is 24.2 Å². The van der Waals surface area contributed by atoms with Crippen LogP contribution in [0, 0.1) is 17.8 Å². The van der Waals surface area contributed by atoms with Crippen molar-refractivity contribution in [2.45, 2.75) is 82.9 Å². The first kappa shape index (κ1) is 28.5. The van der Waals surface area contributed by atoms with Crippen molar-refractivity contribution in [3.05, 3.63) is 35.9 Å². The van der Waals surface area contributed by atoms with Gasteiger partial charge in [0.15, 0.2) is 0 Å². The summed E-state index contributed by atoms with van der Waals surface area (Å²) in [7, 11) is 0. The highest BCUT2D eigenvalue weighted by atomic mass is 19.3. The smallest absolute Gasteiger partial charge is 0.408 e. The second-order valence-electron chi connectivity index (χ2n) is 10.5. The first-order valence-corrected chi connectivity index (χ1v) is 13.0. The van der Waals surface area contributed by atoms with Gasteiger partial charge in [0.2, 0.25) is 17.7 Å². The number of amides is 3. The molecule has 1 saturated carbocycles. The van der Waals surface area contributed by atoms with Crippen LogP contribution in [0.3, 0.4) is 0 Å². The minimum absolute atomic E-state index is 0.0387. The number of aldehydes is 1. The first-order chi connectivity index (χ1) is 17.6. The number of hydrogen-bond donors (Lipinski definition) is 3. The summed E-state index contributed by atoms with van der Waals surface area (Å²) in [5.41, 5.74) is 0.702. The zero-order valence-corrected chi connectivity index (χ0v) is 21.4. The molecule has 37 heavy (non-hydrogen) atoms. The molecule has 10 heteroatoms. The number of rotatable bonds is 11. The number of hydrogen-bond acceptors (Lipinski definition) is 5. The van der Waals surface area contributed by atoms with Crippen LogP contribution in [-0.2, 0) is 19.1 Å². The summed E-state index contributed by atoms with van der Waals surface area (Å²) in [6, 6.07) is 7.14. The van der Waals surface area contributed by atoms with E-state index in [1.807, 2.05) is 19.9 Å². The van der Waals surface area contributed by atoms with Crippen molar-refractivity contribution in [3.8, 4) is 0 Å². The highest BCUT2D eigenvalue weighted by Gasteiger charge is 2.40. The Bertz CT molecular complexity index is 933. The van der Waals surface area contributed by atoms with E-state index in [0.29, 0.717) is 31.2 Å². The average molecular weight is 522 g/mol. The van der Waals surface area contributed by atoms with Crippen LogP contribution in [0.5, 0.6) is 0 Å². The molecule has 3 amide bonds. The molecule has 1 aliphatic heterocycles. The van der Waals surface area contributed by atoms with Gasteiger partial charge in [-0.2, -0.15) is 0 Å². The van der Waals surface area contributed by atoms with Crippen molar-refractivity contribution < 1.29 is 32.7 Å². The normalized spacial score (nSPS) is 22.0. The summed E-state index contributed by atoms with van der Waals surface area (Å²) >= 11 is 0. The number of alkyl halides is 2. The molecule has 1 unspecified atom stereocenters. The minimum Gasteiger partial charge on any atom is -0.441 e. The van der Waals surface area contributed by atoms with Crippen LogP contribution < -0.4 is 16.0 Å². The Morgan fingerprint density at radius 1 is 1.14 bits per heavy atom.